The van der Waals surface area contributed by atoms with E-state index in [1.54, 1.807) is 42.5 Å². The van der Waals surface area contributed by atoms with Gasteiger partial charge in [-0.05, 0) is 60.2 Å². The Kier molecular flexibility index (Phi) is 8.01. The quantitative estimate of drug-likeness (QED) is 0.149. The Bertz CT molecular complexity index is 2410. The van der Waals surface area contributed by atoms with Crippen LogP contribution in [0.2, 0.25) is 0 Å². The number of pyridine rings is 3. The average Bonchev–Trinajstić information content (AvgIpc) is 3.11. The molecule has 0 fully saturated rings. The molecule has 3 N–H and O–H groups in total. The summed E-state index contributed by atoms with van der Waals surface area (Å²) in [5, 5.41) is 5.51. The minimum atomic E-state index is -4.75. The normalized spacial score (nSPS) is 12.7. The number of alkyl halides is 6. The Hall–Kier alpha value is -6.57. The molecule has 7 rings (SSSR count). The van der Waals surface area contributed by atoms with Gasteiger partial charge in [0.25, 0.3) is 5.56 Å². The van der Waals surface area contributed by atoms with Crippen molar-refractivity contribution in [3.63, 3.8) is 0 Å². The van der Waals surface area contributed by atoms with E-state index in [0.29, 0.717) is 5.56 Å². The van der Waals surface area contributed by atoms with Crippen molar-refractivity contribution in [2.75, 3.05) is 10.6 Å². The molecule has 0 aliphatic heterocycles. The molecule has 0 saturated heterocycles. The third-order valence-corrected chi connectivity index (χ3v) is 8.07. The highest BCUT2D eigenvalue weighted by molar-refractivity contribution is 6.32. The largest absolute Gasteiger partial charge is 0.416 e. The standard InChI is InChI=1S/C37H21F6N5O3/c38-36(39,40)20-10-6-12-22(16-20)45-31-28-27(32(49)25-18-24(19-8-2-1-3-9-19)35(51)48-29(25)33(28)50)30(26-14-4-5-15-44-26)47-34(31)46-23-13-7-11-21(17-23)37(41,42)43/h1-18,45H,(H,46,47)(H,48,51). The van der Waals surface area contributed by atoms with E-state index in [2.05, 4.69) is 25.6 Å². The summed E-state index contributed by atoms with van der Waals surface area (Å²) in [5.74, 6) is -1.99. The molecule has 8 nitrogen and oxygen atoms in total. The Morgan fingerprint density at radius 1 is 0.608 bits per heavy atom. The number of fused-ring (bicyclic) bond motifs is 2. The number of benzene rings is 3. The fourth-order valence-electron chi connectivity index (χ4n) is 5.74. The number of aromatic nitrogens is 3. The maximum atomic E-state index is 14.5. The SMILES string of the molecule is O=C1c2cc(-c3ccccc3)c(=O)[nH]c2C(=O)c2c(Nc3cccc(C(F)(F)F)c3)c(Nc3cccc(C(F)(F)F)c3)nc(-c3ccccn3)c21. The topological polar surface area (TPSA) is 117 Å². The molecule has 51 heavy (non-hydrogen) atoms. The molecule has 6 aromatic rings. The molecule has 14 heteroatoms. The van der Waals surface area contributed by atoms with Crippen molar-refractivity contribution in [1.29, 1.82) is 0 Å². The van der Waals surface area contributed by atoms with Crippen LogP contribution in [-0.4, -0.2) is 26.5 Å². The summed E-state index contributed by atoms with van der Waals surface area (Å²) in [6, 6.07) is 22.3. The second kappa shape index (κ2) is 12.4. The molecular weight excluding hydrogens is 676 g/mol. The fraction of sp³-hybridized carbons (Fsp3) is 0.0541. The van der Waals surface area contributed by atoms with Crippen molar-refractivity contribution in [2.45, 2.75) is 12.4 Å². The van der Waals surface area contributed by atoms with Gasteiger partial charge in [-0.1, -0.05) is 48.5 Å². The predicted molar refractivity (Wildman–Crippen MR) is 176 cm³/mol. The van der Waals surface area contributed by atoms with Gasteiger partial charge in [0.1, 0.15) is 11.4 Å². The molecule has 254 valence electrons. The van der Waals surface area contributed by atoms with Crippen molar-refractivity contribution in [1.82, 2.24) is 15.0 Å². The maximum absolute atomic E-state index is 14.5. The number of carbonyl (C=O) groups is 2. The third kappa shape index (κ3) is 6.23. The lowest BCUT2D eigenvalue weighted by Gasteiger charge is -2.25. The Labute approximate surface area is 283 Å². The summed E-state index contributed by atoms with van der Waals surface area (Å²) >= 11 is 0. The highest BCUT2D eigenvalue weighted by Gasteiger charge is 2.39. The van der Waals surface area contributed by atoms with Crippen molar-refractivity contribution >= 4 is 34.4 Å². The second-order valence-electron chi connectivity index (χ2n) is 11.4. The summed E-state index contributed by atoms with van der Waals surface area (Å²) in [5.41, 5.74) is -4.18. The lowest BCUT2D eigenvalue weighted by Crippen LogP contribution is -2.29. The maximum Gasteiger partial charge on any atom is 0.416 e. The van der Waals surface area contributed by atoms with Crippen LogP contribution < -0.4 is 16.2 Å². The number of halogens is 6. The molecular formula is C37H21F6N5O3. The summed E-state index contributed by atoms with van der Waals surface area (Å²) in [6.45, 7) is 0. The highest BCUT2D eigenvalue weighted by Crippen LogP contribution is 2.43. The van der Waals surface area contributed by atoms with Gasteiger partial charge in [-0.25, -0.2) is 4.98 Å². The highest BCUT2D eigenvalue weighted by atomic mass is 19.4. The van der Waals surface area contributed by atoms with E-state index < -0.39 is 51.9 Å². The van der Waals surface area contributed by atoms with Crippen molar-refractivity contribution in [3.05, 3.63) is 153 Å². The number of ketones is 2. The zero-order valence-electron chi connectivity index (χ0n) is 25.8. The lowest BCUT2D eigenvalue weighted by molar-refractivity contribution is -0.138. The van der Waals surface area contributed by atoms with E-state index in [9.17, 15) is 40.7 Å². The number of rotatable bonds is 6. The first-order valence-electron chi connectivity index (χ1n) is 15.1. The van der Waals surface area contributed by atoms with Gasteiger partial charge in [0.05, 0.1) is 39.2 Å². The van der Waals surface area contributed by atoms with E-state index in [4.69, 9.17) is 0 Å². The molecule has 0 spiro atoms. The molecule has 1 aliphatic carbocycles. The van der Waals surface area contributed by atoms with Crippen molar-refractivity contribution in [3.8, 4) is 22.5 Å². The molecule has 3 heterocycles. The Morgan fingerprint density at radius 2 is 1.24 bits per heavy atom. The fourth-order valence-corrected chi connectivity index (χ4v) is 5.74. The van der Waals surface area contributed by atoms with Gasteiger partial charge in [-0.2, -0.15) is 26.3 Å². The van der Waals surface area contributed by atoms with Gasteiger partial charge >= 0.3 is 12.4 Å². The molecule has 3 aromatic carbocycles. The molecule has 0 saturated carbocycles. The van der Waals surface area contributed by atoms with Gasteiger partial charge in [0.15, 0.2) is 11.6 Å². The van der Waals surface area contributed by atoms with Crippen LogP contribution >= 0.6 is 0 Å². The van der Waals surface area contributed by atoms with Crippen LogP contribution in [0.5, 0.6) is 0 Å². The first-order chi connectivity index (χ1) is 24.3. The van der Waals surface area contributed by atoms with Crippen LogP contribution in [0.4, 0.5) is 49.2 Å². The van der Waals surface area contributed by atoms with E-state index in [-0.39, 0.29) is 51.0 Å². The van der Waals surface area contributed by atoms with Gasteiger partial charge < -0.3 is 15.6 Å². The molecule has 0 amide bonds. The number of anilines is 4. The number of nitrogens with one attached hydrogen (secondary N) is 3. The van der Waals surface area contributed by atoms with Crippen LogP contribution in [-0.2, 0) is 12.4 Å². The summed E-state index contributed by atoms with van der Waals surface area (Å²) in [7, 11) is 0. The van der Waals surface area contributed by atoms with E-state index >= 15 is 0 Å². The smallest absolute Gasteiger partial charge is 0.352 e. The number of hydrogen-bond donors (Lipinski definition) is 3. The first kappa shape index (κ1) is 33.0. The van der Waals surface area contributed by atoms with E-state index in [0.717, 1.165) is 36.4 Å². The average molecular weight is 698 g/mol. The van der Waals surface area contributed by atoms with Crippen LogP contribution in [0.25, 0.3) is 22.5 Å². The number of carbonyl (C=O) groups excluding carboxylic acids is 2. The van der Waals surface area contributed by atoms with Crippen LogP contribution in [0.3, 0.4) is 0 Å². The minimum absolute atomic E-state index is 0.0939. The van der Waals surface area contributed by atoms with Gasteiger partial charge in [-0.3, -0.25) is 19.4 Å². The molecule has 0 bridgehead atoms. The zero-order chi connectivity index (χ0) is 36.1. The monoisotopic (exact) mass is 697 g/mol. The number of nitrogens with zero attached hydrogens (tertiary/aromatic N) is 2. The minimum Gasteiger partial charge on any atom is -0.352 e. The molecule has 3 aromatic heterocycles. The Balaban J connectivity index is 1.50. The summed E-state index contributed by atoms with van der Waals surface area (Å²) in [6.07, 6.45) is -8.08. The molecule has 0 atom stereocenters. The van der Waals surface area contributed by atoms with Gasteiger partial charge in [0.2, 0.25) is 5.78 Å². The second-order valence-corrected chi connectivity index (χ2v) is 11.4. The summed E-state index contributed by atoms with van der Waals surface area (Å²) < 4.78 is 82.1. The van der Waals surface area contributed by atoms with Crippen LogP contribution in [0.1, 0.15) is 43.1 Å². The van der Waals surface area contributed by atoms with Crippen LogP contribution in [0.15, 0.2) is 114 Å². The molecule has 0 unspecified atom stereocenters. The zero-order valence-corrected chi connectivity index (χ0v) is 25.8. The third-order valence-electron chi connectivity index (χ3n) is 8.07. The van der Waals surface area contributed by atoms with Crippen molar-refractivity contribution in [2.24, 2.45) is 0 Å². The predicted octanol–water partition coefficient (Wildman–Crippen LogP) is 8.80. The van der Waals surface area contributed by atoms with Gasteiger partial charge in [0, 0.05) is 23.1 Å². The van der Waals surface area contributed by atoms with Crippen LogP contribution in [0, 0.1) is 0 Å². The Morgan fingerprint density at radius 3 is 1.84 bits per heavy atom. The van der Waals surface area contributed by atoms with Crippen molar-refractivity contribution < 1.29 is 35.9 Å². The first-order valence-corrected chi connectivity index (χ1v) is 15.1. The summed E-state index contributed by atoms with van der Waals surface area (Å²) in [4.78, 5) is 53.7. The molecule has 1 aliphatic rings. The number of H-pyrrole nitrogens is 1. The van der Waals surface area contributed by atoms with Gasteiger partial charge in [-0.15, -0.1) is 0 Å². The van der Waals surface area contributed by atoms with E-state index in [1.807, 2.05) is 0 Å². The lowest BCUT2D eigenvalue weighted by atomic mass is 9.83. The molecule has 0 radical (unpaired) electrons. The number of hydrogen-bond acceptors (Lipinski definition) is 7. The van der Waals surface area contributed by atoms with E-state index in [1.165, 1.54) is 30.5 Å². The number of aromatic amines is 1.